The summed E-state index contributed by atoms with van der Waals surface area (Å²) in [5, 5.41) is 4.24. The SMILES string of the molecule is O=C(N/N=C/c1ccccc1)c1nc(Cl)ccc1Cl. The highest BCUT2D eigenvalue weighted by atomic mass is 35.5. The fraction of sp³-hybridized carbons (Fsp3) is 0. The molecule has 0 aliphatic heterocycles. The summed E-state index contributed by atoms with van der Waals surface area (Å²) in [5.74, 6) is -0.514. The van der Waals surface area contributed by atoms with Crippen LogP contribution in [-0.4, -0.2) is 17.1 Å². The molecular weight excluding hydrogens is 285 g/mol. The predicted molar refractivity (Wildman–Crippen MR) is 75.8 cm³/mol. The van der Waals surface area contributed by atoms with Crippen LogP contribution in [0.3, 0.4) is 0 Å². The van der Waals surface area contributed by atoms with Crippen LogP contribution in [-0.2, 0) is 0 Å². The van der Waals surface area contributed by atoms with Crippen molar-refractivity contribution in [2.24, 2.45) is 5.10 Å². The van der Waals surface area contributed by atoms with Crippen molar-refractivity contribution in [3.05, 3.63) is 63.9 Å². The molecule has 0 unspecified atom stereocenters. The van der Waals surface area contributed by atoms with Gasteiger partial charge in [-0.3, -0.25) is 4.79 Å². The normalized spacial score (nSPS) is 10.6. The van der Waals surface area contributed by atoms with E-state index in [0.717, 1.165) is 5.56 Å². The fourth-order valence-electron chi connectivity index (χ4n) is 1.34. The molecule has 6 heteroatoms. The molecule has 0 bridgehead atoms. The Morgan fingerprint density at radius 2 is 1.89 bits per heavy atom. The number of hydrazone groups is 1. The predicted octanol–water partition coefficient (Wildman–Crippen LogP) is 3.15. The minimum absolute atomic E-state index is 0.0411. The van der Waals surface area contributed by atoms with Crippen molar-refractivity contribution in [2.45, 2.75) is 0 Å². The first-order valence-electron chi connectivity index (χ1n) is 5.37. The number of hydrogen-bond donors (Lipinski definition) is 1. The molecule has 1 aromatic heterocycles. The number of pyridine rings is 1. The lowest BCUT2D eigenvalue weighted by Crippen LogP contribution is -2.19. The second-order valence-corrected chi connectivity index (χ2v) is 4.37. The van der Waals surface area contributed by atoms with E-state index >= 15 is 0 Å². The van der Waals surface area contributed by atoms with E-state index in [-0.39, 0.29) is 15.9 Å². The summed E-state index contributed by atoms with van der Waals surface area (Å²) < 4.78 is 0. The molecule has 1 aromatic carbocycles. The Labute approximate surface area is 120 Å². The summed E-state index contributed by atoms with van der Waals surface area (Å²) >= 11 is 11.6. The maximum Gasteiger partial charge on any atom is 0.291 e. The minimum Gasteiger partial charge on any atom is -0.265 e. The molecule has 0 saturated heterocycles. The molecule has 1 amide bonds. The van der Waals surface area contributed by atoms with E-state index < -0.39 is 5.91 Å². The van der Waals surface area contributed by atoms with Crippen LogP contribution in [0.4, 0.5) is 0 Å². The number of aromatic nitrogens is 1. The molecule has 1 N–H and O–H groups in total. The van der Waals surface area contributed by atoms with Gasteiger partial charge in [0.25, 0.3) is 5.91 Å². The van der Waals surface area contributed by atoms with Gasteiger partial charge in [0, 0.05) is 0 Å². The lowest BCUT2D eigenvalue weighted by Gasteiger charge is -2.01. The van der Waals surface area contributed by atoms with Gasteiger partial charge < -0.3 is 0 Å². The van der Waals surface area contributed by atoms with Gasteiger partial charge in [0.1, 0.15) is 10.8 Å². The first-order chi connectivity index (χ1) is 9.16. The Morgan fingerprint density at radius 3 is 2.63 bits per heavy atom. The number of nitrogens with zero attached hydrogens (tertiary/aromatic N) is 2. The summed E-state index contributed by atoms with van der Waals surface area (Å²) in [5.41, 5.74) is 3.25. The third-order valence-electron chi connectivity index (χ3n) is 2.21. The average Bonchev–Trinajstić information content (AvgIpc) is 2.42. The highest BCUT2D eigenvalue weighted by Gasteiger charge is 2.11. The molecule has 1 heterocycles. The molecule has 0 radical (unpaired) electrons. The van der Waals surface area contributed by atoms with Crippen molar-refractivity contribution in [3.8, 4) is 0 Å². The van der Waals surface area contributed by atoms with Crippen LogP contribution in [0, 0.1) is 0 Å². The first-order valence-corrected chi connectivity index (χ1v) is 6.13. The number of carbonyl (C=O) groups excluding carboxylic acids is 1. The molecule has 96 valence electrons. The average molecular weight is 294 g/mol. The lowest BCUT2D eigenvalue weighted by atomic mass is 10.2. The monoisotopic (exact) mass is 293 g/mol. The second-order valence-electron chi connectivity index (χ2n) is 3.57. The van der Waals surface area contributed by atoms with Crippen molar-refractivity contribution < 1.29 is 4.79 Å². The third kappa shape index (κ3) is 3.77. The highest BCUT2D eigenvalue weighted by molar-refractivity contribution is 6.34. The maximum absolute atomic E-state index is 11.8. The van der Waals surface area contributed by atoms with Crippen LogP contribution >= 0.6 is 23.2 Å². The van der Waals surface area contributed by atoms with Crippen molar-refractivity contribution >= 4 is 35.3 Å². The van der Waals surface area contributed by atoms with Crippen molar-refractivity contribution in [1.82, 2.24) is 10.4 Å². The summed E-state index contributed by atoms with van der Waals surface area (Å²) in [6.45, 7) is 0. The van der Waals surface area contributed by atoms with Crippen LogP contribution in [0.15, 0.2) is 47.6 Å². The molecule has 0 spiro atoms. The largest absolute Gasteiger partial charge is 0.291 e. The Balaban J connectivity index is 2.06. The van der Waals surface area contributed by atoms with Gasteiger partial charge in [0.2, 0.25) is 0 Å². The van der Waals surface area contributed by atoms with Gasteiger partial charge in [-0.25, -0.2) is 10.4 Å². The molecule has 19 heavy (non-hydrogen) atoms. The molecule has 0 saturated carbocycles. The summed E-state index contributed by atoms with van der Waals surface area (Å²) in [4.78, 5) is 15.6. The fourth-order valence-corrected chi connectivity index (χ4v) is 1.67. The number of rotatable bonds is 3. The standard InChI is InChI=1S/C13H9Cl2N3O/c14-10-6-7-11(15)17-12(10)13(19)18-16-8-9-4-2-1-3-5-9/h1-8H,(H,18,19)/b16-8+. The molecule has 2 aromatic rings. The number of carbonyl (C=O) groups is 1. The van der Waals surface area contributed by atoms with Gasteiger partial charge in [0.15, 0.2) is 0 Å². The Morgan fingerprint density at radius 1 is 1.16 bits per heavy atom. The minimum atomic E-state index is -0.514. The molecule has 0 aliphatic rings. The Kier molecular flexibility index (Phi) is 4.49. The highest BCUT2D eigenvalue weighted by Crippen LogP contribution is 2.16. The van der Waals surface area contributed by atoms with Gasteiger partial charge in [0.05, 0.1) is 11.2 Å². The van der Waals surface area contributed by atoms with E-state index in [1.54, 1.807) is 0 Å². The molecular formula is C13H9Cl2N3O. The van der Waals surface area contributed by atoms with Gasteiger partial charge in [-0.2, -0.15) is 5.10 Å². The molecule has 0 fully saturated rings. The number of hydrogen-bond acceptors (Lipinski definition) is 3. The van der Waals surface area contributed by atoms with Gasteiger partial charge in [-0.1, -0.05) is 53.5 Å². The van der Waals surface area contributed by atoms with Gasteiger partial charge in [-0.05, 0) is 17.7 Å². The summed E-state index contributed by atoms with van der Waals surface area (Å²) in [6.07, 6.45) is 1.52. The van der Waals surface area contributed by atoms with Crippen LogP contribution in [0.25, 0.3) is 0 Å². The van der Waals surface area contributed by atoms with Crippen LogP contribution < -0.4 is 5.43 Å². The molecule has 0 atom stereocenters. The van der Waals surface area contributed by atoms with E-state index in [0.29, 0.717) is 0 Å². The number of nitrogens with one attached hydrogen (secondary N) is 1. The van der Waals surface area contributed by atoms with E-state index in [1.165, 1.54) is 18.3 Å². The number of halogens is 2. The van der Waals surface area contributed by atoms with Gasteiger partial charge in [-0.15, -0.1) is 0 Å². The van der Waals surface area contributed by atoms with E-state index in [4.69, 9.17) is 23.2 Å². The van der Waals surface area contributed by atoms with Crippen molar-refractivity contribution in [2.75, 3.05) is 0 Å². The van der Waals surface area contributed by atoms with E-state index in [2.05, 4.69) is 15.5 Å². The zero-order valence-electron chi connectivity index (χ0n) is 9.68. The third-order valence-corrected chi connectivity index (χ3v) is 2.72. The zero-order chi connectivity index (χ0) is 13.7. The van der Waals surface area contributed by atoms with Crippen molar-refractivity contribution in [1.29, 1.82) is 0 Å². The van der Waals surface area contributed by atoms with E-state index in [9.17, 15) is 4.79 Å². The molecule has 0 aliphatic carbocycles. The quantitative estimate of drug-likeness (QED) is 0.537. The Hall–Kier alpha value is -1.91. The summed E-state index contributed by atoms with van der Waals surface area (Å²) in [6, 6.07) is 12.4. The van der Waals surface area contributed by atoms with Crippen LogP contribution in [0.2, 0.25) is 10.2 Å². The first kappa shape index (κ1) is 13.5. The van der Waals surface area contributed by atoms with Crippen molar-refractivity contribution in [3.63, 3.8) is 0 Å². The van der Waals surface area contributed by atoms with Crippen LogP contribution in [0.5, 0.6) is 0 Å². The molecule has 4 nitrogen and oxygen atoms in total. The molecule has 2 rings (SSSR count). The smallest absolute Gasteiger partial charge is 0.265 e. The number of benzene rings is 1. The van der Waals surface area contributed by atoms with E-state index in [1.807, 2.05) is 30.3 Å². The van der Waals surface area contributed by atoms with Crippen LogP contribution in [0.1, 0.15) is 16.1 Å². The maximum atomic E-state index is 11.8. The second kappa shape index (κ2) is 6.31. The lowest BCUT2D eigenvalue weighted by molar-refractivity contribution is 0.0950. The Bertz CT molecular complexity index is 615. The number of amides is 1. The summed E-state index contributed by atoms with van der Waals surface area (Å²) in [7, 11) is 0. The zero-order valence-corrected chi connectivity index (χ0v) is 11.2. The topological polar surface area (TPSA) is 54.4 Å². The van der Waals surface area contributed by atoms with Gasteiger partial charge >= 0.3 is 0 Å².